The average molecular weight is 191 g/mol. The smallest absolute Gasteiger partial charge is 0.323 e. The number of hydrogen-bond acceptors (Lipinski definition) is 4. The van der Waals surface area contributed by atoms with Gasteiger partial charge >= 0.3 is 5.97 Å². The molecule has 0 amide bonds. The number of unbranched alkanes of at least 4 members (excludes halogenated alkanes) is 1. The first-order valence-electron chi connectivity index (χ1n) is 4.18. The highest BCUT2D eigenvalue weighted by Gasteiger charge is 2.15. The summed E-state index contributed by atoms with van der Waals surface area (Å²) in [5, 5.41) is 3.07. The summed E-state index contributed by atoms with van der Waals surface area (Å²) in [5.74, 6) is 0.247. The number of rotatable bonds is 6. The van der Waals surface area contributed by atoms with Crippen molar-refractivity contribution in [3.05, 3.63) is 0 Å². The molecule has 0 saturated heterocycles. The van der Waals surface area contributed by atoms with E-state index in [0.717, 1.165) is 19.4 Å². The molecule has 1 atom stereocenters. The quantitative estimate of drug-likeness (QED) is 0.371. The van der Waals surface area contributed by atoms with Crippen LogP contribution in [0.3, 0.4) is 0 Å². The zero-order valence-corrected chi connectivity index (χ0v) is 8.56. The molecule has 4 heteroatoms. The highest BCUT2D eigenvalue weighted by atomic mass is 32.1. The van der Waals surface area contributed by atoms with Gasteiger partial charge in [-0.05, 0) is 13.0 Å². The molecule has 0 rings (SSSR count). The average Bonchev–Trinajstić information content (AvgIpc) is 2.11. The van der Waals surface area contributed by atoms with Crippen LogP contribution in [-0.4, -0.2) is 31.4 Å². The topological polar surface area (TPSA) is 38.3 Å². The van der Waals surface area contributed by atoms with E-state index in [0.29, 0.717) is 5.75 Å². The molecular formula is C8H17NO2S. The summed E-state index contributed by atoms with van der Waals surface area (Å²) >= 11 is 4.05. The maximum absolute atomic E-state index is 11.0. The highest BCUT2D eigenvalue weighted by molar-refractivity contribution is 7.80. The second-order valence-electron chi connectivity index (χ2n) is 2.57. The van der Waals surface area contributed by atoms with E-state index in [1.807, 2.05) is 0 Å². The van der Waals surface area contributed by atoms with E-state index in [1.165, 1.54) is 7.11 Å². The van der Waals surface area contributed by atoms with Gasteiger partial charge in [0, 0.05) is 5.75 Å². The molecule has 0 fully saturated rings. The van der Waals surface area contributed by atoms with Crippen LogP contribution in [0.25, 0.3) is 0 Å². The van der Waals surface area contributed by atoms with Gasteiger partial charge in [0.2, 0.25) is 0 Å². The van der Waals surface area contributed by atoms with Gasteiger partial charge in [-0.3, -0.25) is 4.79 Å². The maximum atomic E-state index is 11.0. The van der Waals surface area contributed by atoms with Crippen molar-refractivity contribution in [3.8, 4) is 0 Å². The molecule has 1 unspecified atom stereocenters. The van der Waals surface area contributed by atoms with Crippen molar-refractivity contribution in [3.63, 3.8) is 0 Å². The van der Waals surface area contributed by atoms with Gasteiger partial charge in [0.1, 0.15) is 6.04 Å². The van der Waals surface area contributed by atoms with Gasteiger partial charge in [0.25, 0.3) is 0 Å². The molecular weight excluding hydrogens is 174 g/mol. The van der Waals surface area contributed by atoms with Crippen LogP contribution in [0.2, 0.25) is 0 Å². The van der Waals surface area contributed by atoms with E-state index in [2.05, 4.69) is 29.6 Å². The largest absolute Gasteiger partial charge is 0.468 e. The first-order chi connectivity index (χ1) is 5.76. The molecule has 0 saturated carbocycles. The lowest BCUT2D eigenvalue weighted by molar-refractivity contribution is -0.142. The minimum absolute atomic E-state index is 0.235. The van der Waals surface area contributed by atoms with Crippen LogP contribution >= 0.6 is 12.6 Å². The van der Waals surface area contributed by atoms with E-state index < -0.39 is 0 Å². The molecule has 0 aromatic heterocycles. The van der Waals surface area contributed by atoms with E-state index in [1.54, 1.807) is 0 Å². The molecule has 0 aliphatic carbocycles. The monoisotopic (exact) mass is 191 g/mol. The van der Waals surface area contributed by atoms with Gasteiger partial charge in [-0.2, -0.15) is 12.6 Å². The lowest BCUT2D eigenvalue weighted by atomic mass is 10.3. The molecule has 0 aliphatic heterocycles. The Bertz CT molecular complexity index is 130. The van der Waals surface area contributed by atoms with E-state index >= 15 is 0 Å². The van der Waals surface area contributed by atoms with Crippen LogP contribution in [0.15, 0.2) is 0 Å². The second kappa shape index (κ2) is 7.43. The SMILES string of the molecule is CCCCNC(CS)C(=O)OC. The van der Waals surface area contributed by atoms with Crippen molar-refractivity contribution >= 4 is 18.6 Å². The molecule has 12 heavy (non-hydrogen) atoms. The maximum Gasteiger partial charge on any atom is 0.323 e. The number of carbonyl (C=O) groups is 1. The third-order valence-corrected chi connectivity index (χ3v) is 1.95. The van der Waals surface area contributed by atoms with Crippen LogP contribution in [-0.2, 0) is 9.53 Å². The molecule has 72 valence electrons. The summed E-state index contributed by atoms with van der Waals surface area (Å²) in [6, 6.07) is -0.259. The van der Waals surface area contributed by atoms with Crippen LogP contribution in [0.4, 0.5) is 0 Å². The number of nitrogens with one attached hydrogen (secondary N) is 1. The number of thiol groups is 1. The normalized spacial score (nSPS) is 12.6. The van der Waals surface area contributed by atoms with Crippen molar-refractivity contribution in [2.24, 2.45) is 0 Å². The molecule has 3 nitrogen and oxygen atoms in total. The summed E-state index contributed by atoms with van der Waals surface area (Å²) in [6.45, 7) is 2.95. The Morgan fingerprint density at radius 1 is 1.67 bits per heavy atom. The number of carbonyl (C=O) groups excluding carboxylic acids is 1. The fourth-order valence-corrected chi connectivity index (χ4v) is 1.10. The number of esters is 1. The number of ether oxygens (including phenoxy) is 1. The molecule has 0 radical (unpaired) electrons. The van der Waals surface area contributed by atoms with Crippen LogP contribution < -0.4 is 5.32 Å². The Labute approximate surface area is 79.3 Å². The van der Waals surface area contributed by atoms with Crippen molar-refractivity contribution in [2.45, 2.75) is 25.8 Å². The highest BCUT2D eigenvalue weighted by Crippen LogP contribution is 1.92. The Morgan fingerprint density at radius 3 is 2.75 bits per heavy atom. The molecule has 0 aliphatic rings. The van der Waals surface area contributed by atoms with Crippen molar-refractivity contribution in [2.75, 3.05) is 19.4 Å². The molecule has 1 N–H and O–H groups in total. The molecule has 0 heterocycles. The molecule has 0 aromatic rings. The summed E-state index contributed by atoms with van der Waals surface area (Å²) in [6.07, 6.45) is 2.19. The summed E-state index contributed by atoms with van der Waals surface area (Å²) in [5.41, 5.74) is 0. The van der Waals surface area contributed by atoms with E-state index in [9.17, 15) is 4.79 Å². The molecule has 0 bridgehead atoms. The lowest BCUT2D eigenvalue weighted by Gasteiger charge is -2.13. The third-order valence-electron chi connectivity index (χ3n) is 1.59. The van der Waals surface area contributed by atoms with Crippen molar-refractivity contribution in [1.82, 2.24) is 5.32 Å². The van der Waals surface area contributed by atoms with Crippen LogP contribution in [0, 0.1) is 0 Å². The summed E-state index contributed by atoms with van der Waals surface area (Å²) in [4.78, 5) is 11.0. The number of hydrogen-bond donors (Lipinski definition) is 2. The summed E-state index contributed by atoms with van der Waals surface area (Å²) in [7, 11) is 1.39. The molecule has 0 aromatic carbocycles. The minimum atomic E-state index is -0.259. The predicted molar refractivity (Wildman–Crippen MR) is 52.6 cm³/mol. The Morgan fingerprint density at radius 2 is 2.33 bits per heavy atom. The summed E-state index contributed by atoms with van der Waals surface area (Å²) < 4.78 is 4.58. The third kappa shape index (κ3) is 4.62. The first kappa shape index (κ1) is 11.8. The van der Waals surface area contributed by atoms with Gasteiger partial charge in [0.05, 0.1) is 7.11 Å². The Balaban J connectivity index is 3.60. The zero-order chi connectivity index (χ0) is 9.40. The lowest BCUT2D eigenvalue weighted by Crippen LogP contribution is -2.39. The fourth-order valence-electron chi connectivity index (χ4n) is 0.818. The van der Waals surface area contributed by atoms with Gasteiger partial charge < -0.3 is 10.1 Å². The van der Waals surface area contributed by atoms with Crippen LogP contribution in [0.5, 0.6) is 0 Å². The zero-order valence-electron chi connectivity index (χ0n) is 7.67. The van der Waals surface area contributed by atoms with Gasteiger partial charge in [0.15, 0.2) is 0 Å². The predicted octanol–water partition coefficient (Wildman–Crippen LogP) is 0.847. The Hall–Kier alpha value is -0.220. The van der Waals surface area contributed by atoms with E-state index in [-0.39, 0.29) is 12.0 Å². The van der Waals surface area contributed by atoms with Crippen molar-refractivity contribution < 1.29 is 9.53 Å². The van der Waals surface area contributed by atoms with Gasteiger partial charge in [-0.15, -0.1) is 0 Å². The van der Waals surface area contributed by atoms with Crippen molar-refractivity contribution in [1.29, 1.82) is 0 Å². The minimum Gasteiger partial charge on any atom is -0.468 e. The fraction of sp³-hybridized carbons (Fsp3) is 0.875. The molecule has 0 spiro atoms. The standard InChI is InChI=1S/C8H17NO2S/c1-3-4-5-9-7(6-12)8(10)11-2/h7,9,12H,3-6H2,1-2H3. The van der Waals surface area contributed by atoms with E-state index in [4.69, 9.17) is 0 Å². The van der Waals surface area contributed by atoms with Gasteiger partial charge in [-0.1, -0.05) is 13.3 Å². The number of methoxy groups -OCH3 is 1. The van der Waals surface area contributed by atoms with Crippen LogP contribution in [0.1, 0.15) is 19.8 Å². The second-order valence-corrected chi connectivity index (χ2v) is 2.93. The van der Waals surface area contributed by atoms with Gasteiger partial charge in [-0.25, -0.2) is 0 Å². The first-order valence-corrected chi connectivity index (χ1v) is 4.81. The Kier molecular flexibility index (Phi) is 7.29.